The molecular formula is C29H30N4O3. The molecule has 2 heterocycles. The number of rotatable bonds is 7. The number of carbonyl (C=O) groups excluding carboxylic acids is 2. The van der Waals surface area contributed by atoms with E-state index in [0.29, 0.717) is 18.9 Å². The van der Waals surface area contributed by atoms with Gasteiger partial charge in [-0.1, -0.05) is 54.6 Å². The zero-order valence-electron chi connectivity index (χ0n) is 20.8. The molecular weight excluding hydrogens is 452 g/mol. The summed E-state index contributed by atoms with van der Waals surface area (Å²) in [6.45, 7) is 2.38. The van der Waals surface area contributed by atoms with Crippen LogP contribution in [0.4, 0.5) is 11.6 Å². The molecule has 2 unspecified atom stereocenters. The maximum absolute atomic E-state index is 14.0. The normalized spacial score (nSPS) is 17.2. The molecule has 0 saturated heterocycles. The number of amides is 1. The monoisotopic (exact) mass is 482 g/mol. The first kappa shape index (κ1) is 23.6. The molecule has 1 aliphatic heterocycles. The Morgan fingerprint density at radius 3 is 2.36 bits per heavy atom. The van der Waals surface area contributed by atoms with E-state index in [1.807, 2.05) is 102 Å². The van der Waals surface area contributed by atoms with E-state index in [1.54, 1.807) is 11.8 Å². The van der Waals surface area contributed by atoms with Crippen LogP contribution in [0.2, 0.25) is 0 Å². The SMILES string of the molecule is CCOC(=O)C1C(=O)N(CCc2ccccc2)c2nc3ccccc3n2C1c1ccc(N(C)C)cc1. The molecule has 0 bridgehead atoms. The Morgan fingerprint density at radius 1 is 0.972 bits per heavy atom. The van der Waals surface area contributed by atoms with Crippen molar-refractivity contribution in [2.75, 3.05) is 37.0 Å². The molecule has 184 valence electrons. The number of ether oxygens (including phenoxy) is 1. The predicted octanol–water partition coefficient (Wildman–Crippen LogP) is 4.46. The number of aromatic nitrogens is 2. The standard InChI is InChI=1S/C29H30N4O3/c1-4-36-28(35)25-26(21-14-16-22(17-15-21)31(2)3)33-24-13-9-8-12-23(24)30-29(33)32(27(25)34)19-18-20-10-6-5-7-11-20/h5-17,25-26H,4,18-19H2,1-3H3. The molecule has 3 aromatic carbocycles. The summed E-state index contributed by atoms with van der Waals surface area (Å²) in [5, 5.41) is 0. The lowest BCUT2D eigenvalue weighted by Crippen LogP contribution is -2.50. The predicted molar refractivity (Wildman–Crippen MR) is 141 cm³/mol. The molecule has 0 N–H and O–H groups in total. The fraction of sp³-hybridized carbons (Fsp3) is 0.276. The molecule has 5 rings (SSSR count). The lowest BCUT2D eigenvalue weighted by atomic mass is 9.89. The van der Waals surface area contributed by atoms with Crippen molar-refractivity contribution in [2.24, 2.45) is 5.92 Å². The van der Waals surface area contributed by atoms with Crippen LogP contribution < -0.4 is 9.80 Å². The molecule has 0 saturated carbocycles. The first-order valence-electron chi connectivity index (χ1n) is 12.3. The highest BCUT2D eigenvalue weighted by atomic mass is 16.5. The van der Waals surface area contributed by atoms with Gasteiger partial charge in [-0.25, -0.2) is 4.98 Å². The van der Waals surface area contributed by atoms with Gasteiger partial charge in [-0.3, -0.25) is 14.5 Å². The third-order valence-corrected chi connectivity index (χ3v) is 6.70. The van der Waals surface area contributed by atoms with Crippen molar-refractivity contribution in [3.63, 3.8) is 0 Å². The Bertz CT molecular complexity index is 1380. The summed E-state index contributed by atoms with van der Waals surface area (Å²) in [5.74, 6) is -1.26. The fourth-order valence-corrected chi connectivity index (χ4v) is 4.92. The molecule has 0 fully saturated rings. The first-order chi connectivity index (χ1) is 17.5. The second-order valence-corrected chi connectivity index (χ2v) is 9.16. The number of esters is 1. The highest BCUT2D eigenvalue weighted by molar-refractivity contribution is 6.08. The maximum atomic E-state index is 14.0. The minimum Gasteiger partial charge on any atom is -0.465 e. The van der Waals surface area contributed by atoms with E-state index in [2.05, 4.69) is 0 Å². The largest absolute Gasteiger partial charge is 0.465 e. The minimum atomic E-state index is -1.02. The minimum absolute atomic E-state index is 0.205. The number of imidazole rings is 1. The lowest BCUT2D eigenvalue weighted by Gasteiger charge is -2.38. The Kier molecular flexibility index (Phi) is 6.46. The molecule has 36 heavy (non-hydrogen) atoms. The average Bonchev–Trinajstić information content (AvgIpc) is 3.27. The maximum Gasteiger partial charge on any atom is 0.321 e. The molecule has 4 aromatic rings. The van der Waals surface area contributed by atoms with Crippen LogP contribution in [0.25, 0.3) is 11.0 Å². The van der Waals surface area contributed by atoms with Crippen molar-refractivity contribution < 1.29 is 14.3 Å². The molecule has 1 aliphatic rings. The fourth-order valence-electron chi connectivity index (χ4n) is 4.92. The summed E-state index contributed by atoms with van der Waals surface area (Å²) < 4.78 is 7.49. The molecule has 7 heteroatoms. The van der Waals surface area contributed by atoms with Crippen molar-refractivity contribution in [2.45, 2.75) is 19.4 Å². The van der Waals surface area contributed by atoms with Crippen molar-refractivity contribution >= 4 is 34.5 Å². The van der Waals surface area contributed by atoms with E-state index in [0.717, 1.165) is 27.8 Å². The van der Waals surface area contributed by atoms with Gasteiger partial charge in [0.15, 0.2) is 5.92 Å². The van der Waals surface area contributed by atoms with Gasteiger partial charge < -0.3 is 14.2 Å². The van der Waals surface area contributed by atoms with Crippen molar-refractivity contribution in [1.82, 2.24) is 9.55 Å². The Morgan fingerprint density at radius 2 is 1.67 bits per heavy atom. The van der Waals surface area contributed by atoms with Crippen molar-refractivity contribution in [3.8, 4) is 0 Å². The highest BCUT2D eigenvalue weighted by Gasteiger charge is 2.47. The number of nitrogens with zero attached hydrogens (tertiary/aromatic N) is 4. The number of anilines is 2. The summed E-state index contributed by atoms with van der Waals surface area (Å²) in [4.78, 5) is 35.9. The molecule has 7 nitrogen and oxygen atoms in total. The van der Waals surface area contributed by atoms with Crippen LogP contribution in [0.1, 0.15) is 24.1 Å². The van der Waals surface area contributed by atoms with Crippen molar-refractivity contribution in [1.29, 1.82) is 0 Å². The molecule has 0 aliphatic carbocycles. The van der Waals surface area contributed by atoms with E-state index < -0.39 is 17.9 Å². The molecule has 0 radical (unpaired) electrons. The molecule has 1 aromatic heterocycles. The summed E-state index contributed by atoms with van der Waals surface area (Å²) in [5.41, 5.74) is 4.67. The van der Waals surface area contributed by atoms with Gasteiger partial charge in [0.25, 0.3) is 0 Å². The van der Waals surface area contributed by atoms with E-state index in [-0.39, 0.29) is 12.5 Å². The summed E-state index contributed by atoms with van der Waals surface area (Å²) in [6, 6.07) is 25.2. The highest BCUT2D eigenvalue weighted by Crippen LogP contribution is 2.41. The van der Waals surface area contributed by atoms with E-state index in [1.165, 1.54) is 0 Å². The number of carbonyl (C=O) groups is 2. The van der Waals surface area contributed by atoms with Crippen LogP contribution in [0.15, 0.2) is 78.9 Å². The van der Waals surface area contributed by atoms with Gasteiger partial charge in [0, 0.05) is 26.3 Å². The first-order valence-corrected chi connectivity index (χ1v) is 12.3. The number of para-hydroxylation sites is 2. The number of fused-ring (bicyclic) bond motifs is 3. The van der Waals surface area contributed by atoms with Crippen LogP contribution in [-0.4, -0.2) is 48.7 Å². The van der Waals surface area contributed by atoms with Crippen LogP contribution >= 0.6 is 0 Å². The smallest absolute Gasteiger partial charge is 0.321 e. The van der Waals surface area contributed by atoms with Gasteiger partial charge in [0.05, 0.1) is 23.7 Å². The zero-order chi connectivity index (χ0) is 25.2. The summed E-state index contributed by atoms with van der Waals surface area (Å²) in [6.07, 6.45) is 0.646. The quantitative estimate of drug-likeness (QED) is 0.287. The van der Waals surface area contributed by atoms with Gasteiger partial charge >= 0.3 is 5.97 Å². The lowest BCUT2D eigenvalue weighted by molar-refractivity contribution is -0.153. The van der Waals surface area contributed by atoms with Crippen LogP contribution in [0.3, 0.4) is 0 Å². The number of hydrogen-bond acceptors (Lipinski definition) is 5. The molecule has 1 amide bonds. The van der Waals surface area contributed by atoms with Crippen LogP contribution in [0, 0.1) is 5.92 Å². The van der Waals surface area contributed by atoms with E-state index in [4.69, 9.17) is 9.72 Å². The zero-order valence-corrected chi connectivity index (χ0v) is 20.8. The third kappa shape index (κ3) is 4.21. The molecule has 2 atom stereocenters. The number of hydrogen-bond donors (Lipinski definition) is 0. The van der Waals surface area contributed by atoms with Crippen LogP contribution in [-0.2, 0) is 20.7 Å². The second-order valence-electron chi connectivity index (χ2n) is 9.16. The van der Waals surface area contributed by atoms with Crippen LogP contribution in [0.5, 0.6) is 0 Å². The van der Waals surface area contributed by atoms with Gasteiger partial charge in [0.1, 0.15) is 0 Å². The summed E-state index contributed by atoms with van der Waals surface area (Å²) in [7, 11) is 3.96. The Hall–Kier alpha value is -4.13. The Labute approximate surface area is 210 Å². The van der Waals surface area contributed by atoms with Gasteiger partial charge in [-0.15, -0.1) is 0 Å². The van der Waals surface area contributed by atoms with Gasteiger partial charge in [-0.2, -0.15) is 0 Å². The molecule has 0 spiro atoms. The average molecular weight is 483 g/mol. The van der Waals surface area contributed by atoms with E-state index in [9.17, 15) is 9.59 Å². The van der Waals surface area contributed by atoms with E-state index >= 15 is 0 Å². The van der Waals surface area contributed by atoms with Gasteiger partial charge in [-0.05, 0) is 48.7 Å². The van der Waals surface area contributed by atoms with Crippen molar-refractivity contribution in [3.05, 3.63) is 90.0 Å². The second kappa shape index (κ2) is 9.85. The summed E-state index contributed by atoms with van der Waals surface area (Å²) >= 11 is 0. The number of benzene rings is 3. The Balaban J connectivity index is 1.66. The topological polar surface area (TPSA) is 67.7 Å². The third-order valence-electron chi connectivity index (χ3n) is 6.70. The van der Waals surface area contributed by atoms with Gasteiger partial charge in [0.2, 0.25) is 11.9 Å².